The van der Waals surface area contributed by atoms with E-state index in [-0.39, 0.29) is 11.7 Å². The molecule has 3 aromatic rings. The van der Waals surface area contributed by atoms with Crippen molar-refractivity contribution in [2.45, 2.75) is 33.7 Å². The van der Waals surface area contributed by atoms with Crippen LogP contribution in [0.25, 0.3) is 10.2 Å². The molecule has 1 amide bonds. The Balaban J connectivity index is 2.06. The average Bonchev–Trinajstić information content (AvgIpc) is 2.91. The third-order valence-corrected chi connectivity index (χ3v) is 5.06. The van der Waals surface area contributed by atoms with Gasteiger partial charge in [-0.1, -0.05) is 36.5 Å². The van der Waals surface area contributed by atoms with Crippen molar-refractivity contribution in [2.24, 2.45) is 4.99 Å². The van der Waals surface area contributed by atoms with E-state index in [2.05, 4.69) is 41.6 Å². The summed E-state index contributed by atoms with van der Waals surface area (Å²) in [6.07, 6.45) is 0.967. The van der Waals surface area contributed by atoms with E-state index in [4.69, 9.17) is 0 Å². The first-order valence-electron chi connectivity index (χ1n) is 8.29. The number of benzene rings is 2. The van der Waals surface area contributed by atoms with E-state index in [1.165, 1.54) is 23.8 Å². The summed E-state index contributed by atoms with van der Waals surface area (Å²) < 4.78 is 3.23. The van der Waals surface area contributed by atoms with Crippen LogP contribution in [0.2, 0.25) is 0 Å². The van der Waals surface area contributed by atoms with Gasteiger partial charge >= 0.3 is 0 Å². The summed E-state index contributed by atoms with van der Waals surface area (Å²) in [5.74, 6) is -0.306. The van der Waals surface area contributed by atoms with Crippen LogP contribution in [0.1, 0.15) is 46.5 Å². The highest BCUT2D eigenvalue weighted by atomic mass is 32.1. The lowest BCUT2D eigenvalue weighted by Gasteiger charge is -2.03. The number of fused-ring (bicyclic) bond motifs is 1. The number of carbonyl (C=O) groups excluding carboxylic acids is 2. The van der Waals surface area contributed by atoms with E-state index in [0.29, 0.717) is 15.9 Å². The number of Topliss-reactive ketones (excluding diaryl/α,β-unsaturated/α-hetero) is 1. The van der Waals surface area contributed by atoms with Gasteiger partial charge in [0.1, 0.15) is 0 Å². The zero-order valence-corrected chi connectivity index (χ0v) is 15.4. The largest absolute Gasteiger partial charge is 0.316 e. The standard InChI is InChI=1S/C20H20N2O2S/c1-4-11-22-17-10-5-13(2)12-18(17)25-20(22)21-19(24)16-8-6-15(7-9-16)14(3)23/h5-10,12H,4,11H2,1-3H3. The van der Waals surface area contributed by atoms with Crippen molar-refractivity contribution in [1.29, 1.82) is 0 Å². The van der Waals surface area contributed by atoms with Crippen LogP contribution in [0.5, 0.6) is 0 Å². The van der Waals surface area contributed by atoms with Gasteiger partial charge in [-0.05, 0) is 50.1 Å². The van der Waals surface area contributed by atoms with Crippen LogP contribution in [-0.4, -0.2) is 16.3 Å². The normalized spacial score (nSPS) is 11.9. The number of hydrogen-bond donors (Lipinski definition) is 0. The van der Waals surface area contributed by atoms with Crippen molar-refractivity contribution in [3.8, 4) is 0 Å². The monoisotopic (exact) mass is 352 g/mol. The number of thiazole rings is 1. The van der Waals surface area contributed by atoms with Crippen LogP contribution in [0.3, 0.4) is 0 Å². The Hall–Kier alpha value is -2.53. The molecule has 5 heteroatoms. The second-order valence-electron chi connectivity index (χ2n) is 6.06. The minimum absolute atomic E-state index is 0.0170. The first kappa shape index (κ1) is 17.3. The first-order chi connectivity index (χ1) is 12.0. The molecule has 128 valence electrons. The van der Waals surface area contributed by atoms with Gasteiger partial charge in [0.15, 0.2) is 10.6 Å². The average molecular weight is 352 g/mol. The fourth-order valence-corrected chi connectivity index (χ4v) is 3.86. The second-order valence-corrected chi connectivity index (χ2v) is 7.07. The van der Waals surface area contributed by atoms with Crippen molar-refractivity contribution >= 4 is 33.2 Å². The summed E-state index contributed by atoms with van der Waals surface area (Å²) >= 11 is 1.53. The Morgan fingerprint density at radius 3 is 2.40 bits per heavy atom. The van der Waals surface area contributed by atoms with Gasteiger partial charge in [-0.15, -0.1) is 0 Å². The van der Waals surface area contributed by atoms with Crippen molar-refractivity contribution < 1.29 is 9.59 Å². The Morgan fingerprint density at radius 1 is 1.08 bits per heavy atom. The van der Waals surface area contributed by atoms with Gasteiger partial charge in [0.05, 0.1) is 10.2 Å². The maximum absolute atomic E-state index is 12.5. The van der Waals surface area contributed by atoms with Gasteiger partial charge < -0.3 is 4.57 Å². The van der Waals surface area contributed by atoms with E-state index < -0.39 is 0 Å². The Bertz CT molecular complexity index is 1010. The zero-order valence-electron chi connectivity index (χ0n) is 14.6. The molecule has 3 rings (SSSR count). The van der Waals surface area contributed by atoms with Gasteiger partial charge in [-0.25, -0.2) is 0 Å². The summed E-state index contributed by atoms with van der Waals surface area (Å²) in [5, 5.41) is 0. The molecule has 2 aromatic carbocycles. The van der Waals surface area contributed by atoms with Crippen molar-refractivity contribution in [3.63, 3.8) is 0 Å². The minimum atomic E-state index is -0.289. The molecule has 4 nitrogen and oxygen atoms in total. The Morgan fingerprint density at radius 2 is 1.76 bits per heavy atom. The Labute approximate surface area is 150 Å². The molecular weight excluding hydrogens is 332 g/mol. The molecule has 0 radical (unpaired) electrons. The maximum Gasteiger partial charge on any atom is 0.279 e. The van der Waals surface area contributed by atoms with Crippen molar-refractivity contribution in [2.75, 3.05) is 0 Å². The molecule has 0 aliphatic heterocycles. The summed E-state index contributed by atoms with van der Waals surface area (Å²) in [5.41, 5.74) is 3.38. The van der Waals surface area contributed by atoms with Gasteiger partial charge in [-0.2, -0.15) is 4.99 Å². The van der Waals surface area contributed by atoms with Crippen LogP contribution < -0.4 is 4.80 Å². The van der Waals surface area contributed by atoms with Crippen LogP contribution in [0.15, 0.2) is 47.5 Å². The fraction of sp³-hybridized carbons (Fsp3) is 0.250. The highest BCUT2D eigenvalue weighted by molar-refractivity contribution is 7.16. The maximum atomic E-state index is 12.5. The summed E-state index contributed by atoms with van der Waals surface area (Å²) in [4.78, 5) is 28.9. The zero-order chi connectivity index (χ0) is 18.0. The van der Waals surface area contributed by atoms with Crippen LogP contribution in [0.4, 0.5) is 0 Å². The number of aryl methyl sites for hydroxylation is 2. The Kier molecular flexibility index (Phi) is 4.95. The van der Waals surface area contributed by atoms with Gasteiger partial charge in [0, 0.05) is 17.7 Å². The fourth-order valence-electron chi connectivity index (χ4n) is 2.70. The predicted octanol–water partition coefficient (Wildman–Crippen LogP) is 4.36. The number of hydrogen-bond acceptors (Lipinski definition) is 3. The highest BCUT2D eigenvalue weighted by Gasteiger charge is 2.10. The van der Waals surface area contributed by atoms with Crippen LogP contribution >= 0.6 is 11.3 Å². The number of amides is 1. The highest BCUT2D eigenvalue weighted by Crippen LogP contribution is 2.19. The lowest BCUT2D eigenvalue weighted by Crippen LogP contribution is -2.16. The molecule has 0 unspecified atom stereocenters. The van der Waals surface area contributed by atoms with E-state index in [9.17, 15) is 9.59 Å². The molecule has 0 saturated heterocycles. The quantitative estimate of drug-likeness (QED) is 0.655. The van der Waals surface area contributed by atoms with Crippen LogP contribution in [-0.2, 0) is 6.54 Å². The SMILES string of the molecule is CCCn1c(=NC(=O)c2ccc(C(C)=O)cc2)sc2cc(C)ccc21. The summed E-state index contributed by atoms with van der Waals surface area (Å²) in [7, 11) is 0. The van der Waals surface area contributed by atoms with Crippen molar-refractivity contribution in [3.05, 3.63) is 64.0 Å². The van der Waals surface area contributed by atoms with E-state index in [0.717, 1.165) is 23.2 Å². The molecule has 0 atom stereocenters. The number of rotatable bonds is 4. The number of carbonyl (C=O) groups is 2. The van der Waals surface area contributed by atoms with E-state index in [1.54, 1.807) is 24.3 Å². The summed E-state index contributed by atoms with van der Waals surface area (Å²) in [6, 6.07) is 12.9. The van der Waals surface area contributed by atoms with Gasteiger partial charge in [-0.3, -0.25) is 9.59 Å². The molecule has 0 aliphatic carbocycles. The molecule has 0 bridgehead atoms. The van der Waals surface area contributed by atoms with E-state index >= 15 is 0 Å². The first-order valence-corrected chi connectivity index (χ1v) is 9.11. The number of aromatic nitrogens is 1. The lowest BCUT2D eigenvalue weighted by molar-refractivity contribution is 0.0991. The topological polar surface area (TPSA) is 51.4 Å². The molecule has 25 heavy (non-hydrogen) atoms. The second kappa shape index (κ2) is 7.15. The van der Waals surface area contributed by atoms with Gasteiger partial charge in [0.25, 0.3) is 5.91 Å². The third kappa shape index (κ3) is 3.61. The molecule has 0 aliphatic rings. The molecular formula is C20H20N2O2S. The smallest absolute Gasteiger partial charge is 0.279 e. The number of ketones is 1. The van der Waals surface area contributed by atoms with Gasteiger partial charge in [0.2, 0.25) is 0 Å². The third-order valence-electron chi connectivity index (χ3n) is 4.02. The van der Waals surface area contributed by atoms with E-state index in [1.807, 2.05) is 0 Å². The summed E-state index contributed by atoms with van der Waals surface area (Å²) in [6.45, 7) is 6.49. The minimum Gasteiger partial charge on any atom is -0.316 e. The molecule has 1 aromatic heterocycles. The lowest BCUT2D eigenvalue weighted by atomic mass is 10.1. The van der Waals surface area contributed by atoms with Crippen LogP contribution in [0, 0.1) is 6.92 Å². The molecule has 1 heterocycles. The van der Waals surface area contributed by atoms with Crippen molar-refractivity contribution in [1.82, 2.24) is 4.57 Å². The predicted molar refractivity (Wildman–Crippen MR) is 101 cm³/mol. The molecule has 0 N–H and O–H groups in total. The number of nitrogens with zero attached hydrogens (tertiary/aromatic N) is 2. The molecule has 0 spiro atoms. The molecule has 0 saturated carbocycles. The molecule has 0 fully saturated rings.